The summed E-state index contributed by atoms with van der Waals surface area (Å²) >= 11 is 0. The van der Waals surface area contributed by atoms with Crippen LogP contribution in [0, 0.1) is 11.8 Å². The predicted octanol–water partition coefficient (Wildman–Crippen LogP) is 0.396. The molecule has 0 aliphatic rings. The Balaban J connectivity index is 2.06. The SMILES string of the molecule is O=C=CN=Bc1ncc(C#CCO)nc1-c1nnc(-c2ccccc2)o1. The molecule has 0 saturated heterocycles. The molecule has 3 rings (SSSR count). The fourth-order valence-electron chi connectivity index (χ4n) is 2.00. The molecule has 0 aliphatic heterocycles. The molecule has 1 N–H and O–H groups in total. The van der Waals surface area contributed by atoms with E-state index in [1.165, 1.54) is 19.2 Å². The third kappa shape index (κ3) is 4.02. The van der Waals surface area contributed by atoms with Gasteiger partial charge in [0.05, 0.1) is 0 Å². The van der Waals surface area contributed by atoms with Crippen LogP contribution in [0.4, 0.5) is 0 Å². The first-order chi connectivity index (χ1) is 12.8. The minimum atomic E-state index is -0.303. The molecule has 0 amide bonds. The Bertz CT molecular complexity index is 1050. The topological polar surface area (TPSA) is 114 Å². The van der Waals surface area contributed by atoms with Gasteiger partial charge < -0.3 is 0 Å². The maximum atomic E-state index is 10.3. The summed E-state index contributed by atoms with van der Waals surface area (Å²) in [6, 6.07) is 9.26. The van der Waals surface area contributed by atoms with Crippen molar-refractivity contribution < 1.29 is 14.3 Å². The first-order valence-corrected chi connectivity index (χ1v) is 7.40. The summed E-state index contributed by atoms with van der Waals surface area (Å²) in [4.78, 5) is 22.5. The molecular formula is C17H10BN5O3. The van der Waals surface area contributed by atoms with Crippen LogP contribution in [0.5, 0.6) is 0 Å². The Morgan fingerprint density at radius 2 is 2.04 bits per heavy atom. The van der Waals surface area contributed by atoms with Crippen LogP contribution < -0.4 is 5.59 Å². The van der Waals surface area contributed by atoms with Crippen LogP contribution in [0.3, 0.4) is 0 Å². The standard InChI is InChI=1S/C17H10BN5O3/c24-9-4-7-13-11-19-15(18-20-8-10-25)14(21-13)17-23-22-16(26-17)12-5-2-1-3-6-12/h1-3,5-6,8,11,24H,9H2. The summed E-state index contributed by atoms with van der Waals surface area (Å²) in [6.45, 7) is -0.303. The van der Waals surface area contributed by atoms with E-state index in [2.05, 4.69) is 36.9 Å². The van der Waals surface area contributed by atoms with E-state index in [0.29, 0.717) is 17.2 Å². The summed E-state index contributed by atoms with van der Waals surface area (Å²) in [5.41, 5.74) is 1.65. The van der Waals surface area contributed by atoms with Gasteiger partial charge >= 0.3 is 148 Å². The maximum absolute atomic E-state index is 10.3. The Labute approximate surface area is 148 Å². The number of hydrogen-bond donors (Lipinski definition) is 1. The fraction of sp³-hybridized carbons (Fsp3) is 0.0588. The van der Waals surface area contributed by atoms with Gasteiger partial charge in [-0.05, 0) is 0 Å². The summed E-state index contributed by atoms with van der Waals surface area (Å²) < 4.78 is 5.69. The van der Waals surface area contributed by atoms with E-state index in [9.17, 15) is 4.79 Å². The summed E-state index contributed by atoms with van der Waals surface area (Å²) in [7, 11) is 1.32. The molecule has 2 aromatic heterocycles. The third-order valence-electron chi connectivity index (χ3n) is 3.07. The molecule has 8 nitrogen and oxygen atoms in total. The number of aromatic nitrogens is 4. The summed E-state index contributed by atoms with van der Waals surface area (Å²) in [5, 5.41) is 16.8. The van der Waals surface area contributed by atoms with Crippen LogP contribution in [0.1, 0.15) is 5.69 Å². The fourth-order valence-corrected chi connectivity index (χ4v) is 2.00. The average molecular weight is 343 g/mol. The number of aliphatic hydroxyl groups excluding tert-OH is 1. The first kappa shape index (κ1) is 17.1. The molecule has 124 valence electrons. The van der Waals surface area contributed by atoms with E-state index in [0.717, 1.165) is 11.8 Å². The monoisotopic (exact) mass is 343 g/mol. The van der Waals surface area contributed by atoms with Gasteiger partial charge in [-0.15, -0.1) is 0 Å². The zero-order chi connectivity index (χ0) is 18.2. The number of benzene rings is 1. The van der Waals surface area contributed by atoms with Crippen LogP contribution in [0.25, 0.3) is 23.0 Å². The Morgan fingerprint density at radius 3 is 2.81 bits per heavy atom. The van der Waals surface area contributed by atoms with Crippen LogP contribution in [0.15, 0.2) is 52.0 Å². The molecule has 9 heteroatoms. The van der Waals surface area contributed by atoms with Gasteiger partial charge in [0.2, 0.25) is 0 Å². The van der Waals surface area contributed by atoms with Gasteiger partial charge in [-0.3, -0.25) is 0 Å². The van der Waals surface area contributed by atoms with Crippen molar-refractivity contribution >= 4 is 18.6 Å². The van der Waals surface area contributed by atoms with Crippen molar-refractivity contribution in [3.05, 3.63) is 48.4 Å². The van der Waals surface area contributed by atoms with Gasteiger partial charge in [-0.25, -0.2) is 0 Å². The molecule has 3 aromatic rings. The number of aliphatic hydroxyl groups is 1. The van der Waals surface area contributed by atoms with Crippen molar-refractivity contribution in [3.63, 3.8) is 0 Å². The number of carbonyl (C=O) groups excluding carboxylic acids is 1. The zero-order valence-corrected chi connectivity index (χ0v) is 13.3. The quantitative estimate of drug-likeness (QED) is 0.414. The van der Waals surface area contributed by atoms with E-state index < -0.39 is 0 Å². The molecule has 0 atom stereocenters. The van der Waals surface area contributed by atoms with Gasteiger partial charge in [-0.1, -0.05) is 0 Å². The third-order valence-corrected chi connectivity index (χ3v) is 3.07. The Kier molecular flexibility index (Phi) is 5.52. The molecule has 0 saturated carbocycles. The van der Waals surface area contributed by atoms with E-state index in [4.69, 9.17) is 9.52 Å². The van der Waals surface area contributed by atoms with Gasteiger partial charge in [0.25, 0.3) is 0 Å². The van der Waals surface area contributed by atoms with Crippen LogP contribution in [-0.4, -0.2) is 44.9 Å². The molecule has 0 radical (unpaired) electrons. The van der Waals surface area contributed by atoms with Gasteiger partial charge in [0, 0.05) is 0 Å². The number of hydrogen-bond acceptors (Lipinski definition) is 8. The van der Waals surface area contributed by atoms with Crippen molar-refractivity contribution in [2.45, 2.75) is 0 Å². The molecular weight excluding hydrogens is 333 g/mol. The van der Waals surface area contributed by atoms with Crippen molar-refractivity contribution in [3.8, 4) is 34.9 Å². The average Bonchev–Trinajstić information content (AvgIpc) is 3.18. The van der Waals surface area contributed by atoms with Crippen LogP contribution in [-0.2, 0) is 4.79 Å². The minimum absolute atomic E-state index is 0.125. The normalized spacial score (nSPS) is 9.88. The number of rotatable bonds is 4. The van der Waals surface area contributed by atoms with Gasteiger partial charge in [0.15, 0.2) is 0 Å². The van der Waals surface area contributed by atoms with E-state index >= 15 is 0 Å². The Morgan fingerprint density at radius 1 is 1.23 bits per heavy atom. The van der Waals surface area contributed by atoms with E-state index in [1.54, 1.807) is 0 Å². The van der Waals surface area contributed by atoms with Gasteiger partial charge in [0.1, 0.15) is 0 Å². The van der Waals surface area contributed by atoms with Crippen molar-refractivity contribution in [1.29, 1.82) is 0 Å². The van der Waals surface area contributed by atoms with Crippen molar-refractivity contribution in [2.24, 2.45) is 4.90 Å². The molecule has 26 heavy (non-hydrogen) atoms. The van der Waals surface area contributed by atoms with E-state index in [1.807, 2.05) is 30.3 Å². The molecule has 0 aliphatic carbocycles. The van der Waals surface area contributed by atoms with Crippen LogP contribution >= 0.6 is 0 Å². The summed E-state index contributed by atoms with van der Waals surface area (Å²) in [5.74, 6) is 7.14. The molecule has 0 spiro atoms. The zero-order valence-electron chi connectivity index (χ0n) is 13.3. The van der Waals surface area contributed by atoms with Crippen molar-refractivity contribution in [1.82, 2.24) is 20.2 Å². The second kappa shape index (κ2) is 8.40. The van der Waals surface area contributed by atoms with Crippen molar-refractivity contribution in [2.75, 3.05) is 6.61 Å². The number of nitrogens with zero attached hydrogens (tertiary/aromatic N) is 5. The van der Waals surface area contributed by atoms with Crippen LogP contribution in [0.2, 0.25) is 0 Å². The molecule has 0 fully saturated rings. The second-order valence-corrected chi connectivity index (χ2v) is 4.75. The first-order valence-electron chi connectivity index (χ1n) is 7.40. The van der Waals surface area contributed by atoms with E-state index in [-0.39, 0.29) is 18.2 Å². The predicted molar refractivity (Wildman–Crippen MR) is 92.8 cm³/mol. The Hall–Kier alpha value is -3.73. The molecule has 0 bridgehead atoms. The molecule has 0 unspecified atom stereocenters. The molecule has 1 aromatic carbocycles. The summed E-state index contributed by atoms with van der Waals surface area (Å²) in [6.07, 6.45) is 2.36. The second-order valence-electron chi connectivity index (χ2n) is 4.75. The molecule has 2 heterocycles. The van der Waals surface area contributed by atoms with Gasteiger partial charge in [-0.2, -0.15) is 0 Å².